The number of nitrogen functional groups attached to an aromatic ring is 1. The third-order valence-corrected chi connectivity index (χ3v) is 2.78. The number of nitrogens with zero attached hydrogens (tertiary/aromatic N) is 2. The third kappa shape index (κ3) is 2.36. The van der Waals surface area contributed by atoms with E-state index in [-0.39, 0.29) is 6.10 Å². The van der Waals surface area contributed by atoms with Gasteiger partial charge in [-0.15, -0.1) is 0 Å². The van der Waals surface area contributed by atoms with Crippen molar-refractivity contribution < 1.29 is 4.74 Å². The lowest BCUT2D eigenvalue weighted by molar-refractivity contribution is 0.101. The van der Waals surface area contributed by atoms with Crippen molar-refractivity contribution in [1.82, 2.24) is 9.97 Å². The molecule has 1 saturated carbocycles. The van der Waals surface area contributed by atoms with E-state index in [4.69, 9.17) is 10.5 Å². The highest BCUT2D eigenvalue weighted by Crippen LogP contribution is 2.24. The maximum atomic E-state index is 5.58. The van der Waals surface area contributed by atoms with Crippen molar-refractivity contribution in [1.29, 1.82) is 0 Å². The first kappa shape index (κ1) is 10.2. The van der Waals surface area contributed by atoms with Gasteiger partial charge >= 0.3 is 0 Å². The van der Waals surface area contributed by atoms with Gasteiger partial charge in [-0.1, -0.05) is 0 Å². The molecule has 82 valence electrons. The lowest BCUT2D eigenvalue weighted by atomic mass is 10.2. The summed E-state index contributed by atoms with van der Waals surface area (Å²) < 4.78 is 5.39. The molecule has 0 aliphatic heterocycles. The van der Waals surface area contributed by atoms with E-state index in [1.54, 1.807) is 13.2 Å². The second-order valence-corrected chi connectivity index (χ2v) is 3.78. The first-order valence-electron chi connectivity index (χ1n) is 5.16. The van der Waals surface area contributed by atoms with Gasteiger partial charge in [0.2, 0.25) is 0 Å². The Bertz CT molecular complexity index is 331. The van der Waals surface area contributed by atoms with E-state index in [1.807, 2.05) is 0 Å². The fourth-order valence-electron chi connectivity index (χ4n) is 2.01. The molecule has 0 aromatic carbocycles. The van der Waals surface area contributed by atoms with Crippen molar-refractivity contribution in [3.63, 3.8) is 0 Å². The zero-order chi connectivity index (χ0) is 10.7. The minimum atomic E-state index is 0.279. The van der Waals surface area contributed by atoms with Crippen molar-refractivity contribution in [3.05, 3.63) is 12.4 Å². The summed E-state index contributed by atoms with van der Waals surface area (Å²) in [5.41, 5.74) is 5.58. The van der Waals surface area contributed by atoms with Crippen molar-refractivity contribution in [3.8, 4) is 0 Å². The van der Waals surface area contributed by atoms with Crippen LogP contribution in [0.2, 0.25) is 0 Å². The summed E-state index contributed by atoms with van der Waals surface area (Å²) in [6, 6.07) is 2.08. The smallest absolute Gasteiger partial charge is 0.131 e. The Morgan fingerprint density at radius 3 is 3.07 bits per heavy atom. The van der Waals surface area contributed by atoms with Crippen LogP contribution in [0.1, 0.15) is 19.3 Å². The molecule has 2 rings (SSSR count). The van der Waals surface area contributed by atoms with Crippen LogP contribution in [0.4, 0.5) is 11.6 Å². The van der Waals surface area contributed by atoms with E-state index in [2.05, 4.69) is 15.3 Å². The average molecular weight is 208 g/mol. The molecule has 0 radical (unpaired) electrons. The number of methoxy groups -OCH3 is 1. The predicted octanol–water partition coefficient (Wildman–Crippen LogP) is 1.04. The van der Waals surface area contributed by atoms with Gasteiger partial charge in [-0.05, 0) is 19.3 Å². The molecule has 0 bridgehead atoms. The number of anilines is 2. The monoisotopic (exact) mass is 208 g/mol. The largest absolute Gasteiger partial charge is 0.384 e. The number of nitrogens with one attached hydrogen (secondary N) is 1. The molecule has 0 amide bonds. The van der Waals surface area contributed by atoms with Gasteiger partial charge in [-0.25, -0.2) is 9.97 Å². The highest BCUT2D eigenvalue weighted by Gasteiger charge is 2.27. The number of ether oxygens (including phenoxy) is 1. The minimum absolute atomic E-state index is 0.279. The van der Waals surface area contributed by atoms with Crippen LogP contribution < -0.4 is 11.1 Å². The summed E-state index contributed by atoms with van der Waals surface area (Å²) in [4.78, 5) is 7.96. The van der Waals surface area contributed by atoms with E-state index < -0.39 is 0 Å². The number of nitrogens with two attached hydrogens (primary N) is 1. The maximum Gasteiger partial charge on any atom is 0.131 e. The molecule has 0 spiro atoms. The lowest BCUT2D eigenvalue weighted by Crippen LogP contribution is -2.30. The molecule has 15 heavy (non-hydrogen) atoms. The van der Waals surface area contributed by atoms with E-state index in [0.717, 1.165) is 18.7 Å². The summed E-state index contributed by atoms with van der Waals surface area (Å²) in [7, 11) is 1.75. The van der Waals surface area contributed by atoms with Gasteiger partial charge < -0.3 is 15.8 Å². The van der Waals surface area contributed by atoms with Gasteiger partial charge in [-0.2, -0.15) is 0 Å². The topological polar surface area (TPSA) is 73.1 Å². The third-order valence-electron chi connectivity index (χ3n) is 2.78. The highest BCUT2D eigenvalue weighted by molar-refractivity contribution is 5.44. The predicted molar refractivity (Wildman–Crippen MR) is 58.5 cm³/mol. The summed E-state index contributed by atoms with van der Waals surface area (Å²) >= 11 is 0. The second kappa shape index (κ2) is 4.44. The van der Waals surface area contributed by atoms with Gasteiger partial charge in [-0.3, -0.25) is 0 Å². The van der Waals surface area contributed by atoms with Gasteiger partial charge in [0.15, 0.2) is 0 Å². The fourth-order valence-corrected chi connectivity index (χ4v) is 2.01. The maximum absolute atomic E-state index is 5.58. The fraction of sp³-hybridized carbons (Fsp3) is 0.600. The van der Waals surface area contributed by atoms with Crippen LogP contribution in [0.5, 0.6) is 0 Å². The summed E-state index contributed by atoms with van der Waals surface area (Å²) in [5, 5.41) is 3.33. The number of rotatable bonds is 3. The van der Waals surface area contributed by atoms with E-state index in [1.165, 1.54) is 12.7 Å². The summed E-state index contributed by atoms with van der Waals surface area (Å²) in [5.74, 6) is 1.26. The molecule has 5 nitrogen and oxygen atoms in total. The Balaban J connectivity index is 2.02. The van der Waals surface area contributed by atoms with E-state index in [9.17, 15) is 0 Å². The number of hydrogen-bond donors (Lipinski definition) is 2. The van der Waals surface area contributed by atoms with Crippen LogP contribution in [0, 0.1) is 0 Å². The lowest BCUT2D eigenvalue weighted by Gasteiger charge is -2.19. The zero-order valence-electron chi connectivity index (χ0n) is 8.81. The standard InChI is InChI=1S/C10H16N4O/c1-15-8-4-2-3-7(8)14-10-5-9(11)12-6-13-10/h5-8H,2-4H2,1H3,(H3,11,12,13,14). The number of hydrogen-bond acceptors (Lipinski definition) is 5. The molecule has 5 heteroatoms. The Morgan fingerprint density at radius 1 is 1.47 bits per heavy atom. The quantitative estimate of drug-likeness (QED) is 0.776. The zero-order valence-corrected chi connectivity index (χ0v) is 8.81. The SMILES string of the molecule is COC1CCCC1Nc1cc(N)ncn1. The molecule has 2 unspecified atom stereocenters. The molecule has 2 atom stereocenters. The normalized spacial score (nSPS) is 25.4. The van der Waals surface area contributed by atoms with Crippen LogP contribution >= 0.6 is 0 Å². The second-order valence-electron chi connectivity index (χ2n) is 3.78. The summed E-state index contributed by atoms with van der Waals surface area (Å²) in [6.45, 7) is 0. The van der Waals surface area contributed by atoms with Crippen molar-refractivity contribution >= 4 is 11.6 Å². The molecule has 1 fully saturated rings. The Kier molecular flexibility index (Phi) is 3.01. The summed E-state index contributed by atoms with van der Waals surface area (Å²) in [6.07, 6.45) is 5.16. The molecule has 1 aliphatic carbocycles. The van der Waals surface area contributed by atoms with Crippen molar-refractivity contribution in [2.45, 2.75) is 31.4 Å². The molecule has 1 aromatic heterocycles. The molecular weight excluding hydrogens is 192 g/mol. The highest BCUT2D eigenvalue weighted by atomic mass is 16.5. The van der Waals surface area contributed by atoms with Crippen LogP contribution in [-0.4, -0.2) is 29.2 Å². The Labute approximate surface area is 89.1 Å². The molecular formula is C10H16N4O. The Morgan fingerprint density at radius 2 is 2.33 bits per heavy atom. The molecule has 3 N–H and O–H groups in total. The van der Waals surface area contributed by atoms with Gasteiger partial charge in [0.25, 0.3) is 0 Å². The minimum Gasteiger partial charge on any atom is -0.384 e. The van der Waals surface area contributed by atoms with Crippen LogP contribution in [0.3, 0.4) is 0 Å². The van der Waals surface area contributed by atoms with Gasteiger partial charge in [0, 0.05) is 13.2 Å². The van der Waals surface area contributed by atoms with Crippen LogP contribution in [0.15, 0.2) is 12.4 Å². The number of aromatic nitrogens is 2. The molecule has 1 aromatic rings. The first-order chi connectivity index (χ1) is 7.29. The van der Waals surface area contributed by atoms with Crippen molar-refractivity contribution in [2.24, 2.45) is 0 Å². The van der Waals surface area contributed by atoms with Gasteiger partial charge in [0.1, 0.15) is 18.0 Å². The molecule has 0 saturated heterocycles. The van der Waals surface area contributed by atoms with E-state index >= 15 is 0 Å². The van der Waals surface area contributed by atoms with Crippen LogP contribution in [0.25, 0.3) is 0 Å². The Hall–Kier alpha value is -1.36. The average Bonchev–Trinajstić information content (AvgIpc) is 2.65. The van der Waals surface area contributed by atoms with E-state index in [0.29, 0.717) is 11.9 Å². The molecule has 1 aliphatic rings. The van der Waals surface area contributed by atoms with Crippen molar-refractivity contribution in [2.75, 3.05) is 18.2 Å². The molecule has 1 heterocycles. The van der Waals surface area contributed by atoms with Crippen LogP contribution in [-0.2, 0) is 4.74 Å². The van der Waals surface area contributed by atoms with Gasteiger partial charge in [0.05, 0.1) is 12.1 Å². The first-order valence-corrected chi connectivity index (χ1v) is 5.16.